The molecule has 2 aromatic rings. The number of hydrogen-bond acceptors (Lipinski definition) is 12. The van der Waals surface area contributed by atoms with E-state index in [-0.39, 0.29) is 6.61 Å². The molecular weight excluding hydrogens is 528 g/mol. The van der Waals surface area contributed by atoms with Crippen molar-refractivity contribution in [3.63, 3.8) is 0 Å². The van der Waals surface area contributed by atoms with Gasteiger partial charge in [-0.05, 0) is 36.1 Å². The lowest BCUT2D eigenvalue weighted by Gasteiger charge is -2.44. The third kappa shape index (κ3) is 5.88. The maximum absolute atomic E-state index is 12.3. The van der Waals surface area contributed by atoms with Crippen LogP contribution >= 0.6 is 0 Å². The maximum atomic E-state index is 12.3. The number of carbonyl (C=O) groups excluding carboxylic acids is 4. The molecule has 0 radical (unpaired) electrons. The Morgan fingerprint density at radius 2 is 1.40 bits per heavy atom. The van der Waals surface area contributed by atoms with E-state index in [0.29, 0.717) is 30.0 Å². The first-order valence-electron chi connectivity index (χ1n) is 12.7. The second kappa shape index (κ2) is 11.9. The molecule has 40 heavy (non-hydrogen) atoms. The Morgan fingerprint density at radius 1 is 0.825 bits per heavy atom. The molecular formula is C27H32N2O11. The minimum absolute atomic E-state index is 0.334. The molecule has 216 valence electrons. The first-order chi connectivity index (χ1) is 19.0. The Labute approximate surface area is 230 Å². The molecule has 1 fully saturated rings. The van der Waals surface area contributed by atoms with E-state index in [1.54, 1.807) is 13.3 Å². The van der Waals surface area contributed by atoms with Crippen LogP contribution in [-0.4, -0.2) is 78.9 Å². The van der Waals surface area contributed by atoms with Gasteiger partial charge in [0, 0.05) is 33.3 Å². The van der Waals surface area contributed by atoms with E-state index in [4.69, 9.17) is 33.2 Å². The molecule has 1 aromatic heterocycles. The van der Waals surface area contributed by atoms with Crippen LogP contribution in [0, 0.1) is 0 Å². The Kier molecular flexibility index (Phi) is 8.62. The molecule has 13 heteroatoms. The largest absolute Gasteiger partial charge is 0.493 e. The number of hydrogen-bond donors (Lipinski definition) is 0. The van der Waals surface area contributed by atoms with E-state index in [1.165, 1.54) is 39.5 Å². The van der Waals surface area contributed by atoms with Gasteiger partial charge in [-0.25, -0.2) is 4.68 Å². The number of fused-ring (bicyclic) bond motifs is 3. The molecule has 1 aliphatic carbocycles. The summed E-state index contributed by atoms with van der Waals surface area (Å²) >= 11 is 0. The van der Waals surface area contributed by atoms with Crippen LogP contribution in [-0.2, 0) is 55.7 Å². The Bertz CT molecular complexity index is 1300. The van der Waals surface area contributed by atoms with Gasteiger partial charge in [0.15, 0.2) is 36.0 Å². The summed E-state index contributed by atoms with van der Waals surface area (Å²) in [5.41, 5.74) is 3.33. The second-order valence-corrected chi connectivity index (χ2v) is 9.42. The Balaban J connectivity index is 1.87. The molecule has 5 atom stereocenters. The minimum Gasteiger partial charge on any atom is -0.493 e. The molecule has 13 nitrogen and oxygen atoms in total. The third-order valence-electron chi connectivity index (χ3n) is 6.61. The van der Waals surface area contributed by atoms with E-state index >= 15 is 0 Å². The first kappa shape index (κ1) is 28.9. The fourth-order valence-electron chi connectivity index (χ4n) is 5.09. The molecule has 1 aromatic carbocycles. The summed E-state index contributed by atoms with van der Waals surface area (Å²) in [6.45, 7) is 4.42. The van der Waals surface area contributed by atoms with Crippen LogP contribution in [0.5, 0.6) is 11.5 Å². The molecule has 2 aliphatic rings. The van der Waals surface area contributed by atoms with Gasteiger partial charge in [0.2, 0.25) is 0 Å². The maximum Gasteiger partial charge on any atom is 0.303 e. The van der Waals surface area contributed by atoms with Crippen LogP contribution in [0.2, 0.25) is 0 Å². The highest BCUT2D eigenvalue weighted by atomic mass is 16.7. The van der Waals surface area contributed by atoms with E-state index in [9.17, 15) is 19.2 Å². The number of aryl methyl sites for hydroxylation is 2. The zero-order valence-corrected chi connectivity index (χ0v) is 23.1. The fourth-order valence-corrected chi connectivity index (χ4v) is 5.09. The van der Waals surface area contributed by atoms with Crippen molar-refractivity contribution in [3.05, 3.63) is 29.5 Å². The number of aromatic nitrogens is 2. The quantitative estimate of drug-likeness (QED) is 0.343. The lowest BCUT2D eigenvalue weighted by atomic mass is 9.89. The lowest BCUT2D eigenvalue weighted by Crippen LogP contribution is -2.60. The van der Waals surface area contributed by atoms with Gasteiger partial charge in [-0.15, -0.1) is 0 Å². The summed E-state index contributed by atoms with van der Waals surface area (Å²) in [6.07, 6.45) is -3.05. The van der Waals surface area contributed by atoms with Crippen molar-refractivity contribution in [3.8, 4) is 22.8 Å². The van der Waals surface area contributed by atoms with Crippen LogP contribution in [0.25, 0.3) is 11.3 Å². The summed E-state index contributed by atoms with van der Waals surface area (Å²) in [6, 6.07) is 3.72. The van der Waals surface area contributed by atoms with Crippen LogP contribution in [0.1, 0.15) is 45.0 Å². The number of ether oxygens (including phenoxy) is 7. The predicted octanol–water partition coefficient (Wildman–Crippen LogP) is 1.92. The van der Waals surface area contributed by atoms with Crippen LogP contribution in [0.15, 0.2) is 18.3 Å². The summed E-state index contributed by atoms with van der Waals surface area (Å²) in [5.74, 6) is -1.63. The lowest BCUT2D eigenvalue weighted by molar-refractivity contribution is -0.270. The third-order valence-corrected chi connectivity index (χ3v) is 6.61. The van der Waals surface area contributed by atoms with Crippen LogP contribution in [0.3, 0.4) is 0 Å². The van der Waals surface area contributed by atoms with E-state index in [2.05, 4.69) is 5.10 Å². The zero-order chi connectivity index (χ0) is 29.1. The smallest absolute Gasteiger partial charge is 0.303 e. The molecule has 0 spiro atoms. The van der Waals surface area contributed by atoms with Crippen LogP contribution < -0.4 is 9.47 Å². The SMILES string of the molecule is COc1cc2c(cc1OC)-c1c(cnn1[C@@H]1O[C@@H](COC(C)=O)[C@H](OC(C)=O)[C@H](OC(C)=O)[C@@H]1OC(C)=O)CC2. The van der Waals surface area contributed by atoms with Gasteiger partial charge in [-0.3, -0.25) is 19.2 Å². The van der Waals surface area contributed by atoms with E-state index < -0.39 is 54.5 Å². The molecule has 0 unspecified atom stereocenters. The normalized spacial score (nSPS) is 23.2. The number of carbonyl (C=O) groups is 4. The van der Waals surface area contributed by atoms with Crippen molar-refractivity contribution in [2.75, 3.05) is 20.8 Å². The highest BCUT2D eigenvalue weighted by molar-refractivity contribution is 5.74. The number of esters is 4. The summed E-state index contributed by atoms with van der Waals surface area (Å²) in [7, 11) is 3.09. The molecule has 0 bridgehead atoms. The van der Waals surface area contributed by atoms with Crippen LogP contribution in [0.4, 0.5) is 0 Å². The van der Waals surface area contributed by atoms with E-state index in [0.717, 1.165) is 16.7 Å². The molecule has 1 aliphatic heterocycles. The van der Waals surface area contributed by atoms with Gasteiger partial charge < -0.3 is 33.2 Å². The number of methoxy groups -OCH3 is 2. The summed E-state index contributed by atoms with van der Waals surface area (Å²) < 4.78 is 40.7. The molecule has 0 amide bonds. The monoisotopic (exact) mass is 560 g/mol. The number of rotatable bonds is 8. The highest BCUT2D eigenvalue weighted by Gasteiger charge is 2.53. The van der Waals surface area contributed by atoms with Gasteiger partial charge in [-0.2, -0.15) is 5.10 Å². The Morgan fingerprint density at radius 3 is 2.00 bits per heavy atom. The summed E-state index contributed by atoms with van der Waals surface area (Å²) in [4.78, 5) is 48.2. The first-order valence-corrected chi connectivity index (χ1v) is 12.7. The number of benzene rings is 1. The van der Waals surface area contributed by atoms with Crippen molar-refractivity contribution >= 4 is 23.9 Å². The average Bonchev–Trinajstić information content (AvgIpc) is 3.32. The fraction of sp³-hybridized carbons (Fsp3) is 0.519. The predicted molar refractivity (Wildman–Crippen MR) is 135 cm³/mol. The Hall–Kier alpha value is -4.13. The highest BCUT2D eigenvalue weighted by Crippen LogP contribution is 2.43. The van der Waals surface area contributed by atoms with E-state index in [1.807, 2.05) is 12.1 Å². The topological polar surface area (TPSA) is 151 Å². The van der Waals surface area contributed by atoms with Crippen molar-refractivity contribution in [1.29, 1.82) is 0 Å². The van der Waals surface area contributed by atoms with Crippen molar-refractivity contribution in [1.82, 2.24) is 9.78 Å². The molecule has 4 rings (SSSR count). The van der Waals surface area contributed by atoms with Gasteiger partial charge in [0.05, 0.1) is 26.1 Å². The zero-order valence-electron chi connectivity index (χ0n) is 23.1. The minimum atomic E-state index is -1.31. The van der Waals surface area contributed by atoms with Gasteiger partial charge in [-0.1, -0.05) is 0 Å². The molecule has 2 heterocycles. The van der Waals surface area contributed by atoms with Gasteiger partial charge in [0.1, 0.15) is 12.7 Å². The molecule has 0 saturated carbocycles. The molecule has 1 saturated heterocycles. The van der Waals surface area contributed by atoms with Crippen molar-refractivity contribution < 1.29 is 52.3 Å². The van der Waals surface area contributed by atoms with Crippen molar-refractivity contribution in [2.24, 2.45) is 0 Å². The molecule has 0 N–H and O–H groups in total. The number of nitrogens with zero attached hydrogens (tertiary/aromatic N) is 2. The standard InChI is InChI=1S/C27H32N2O11/c1-13(30)36-12-22-24(37-14(2)31)25(38-15(3)32)26(39-16(4)33)27(40-22)29-23-18(11-28-29)8-7-17-9-20(34-5)21(35-6)10-19(17)23/h9-11,22,24-27H,7-8,12H2,1-6H3/t22-,24-,25-,26-,27+/m0/s1. The van der Waals surface area contributed by atoms with Gasteiger partial charge >= 0.3 is 23.9 Å². The summed E-state index contributed by atoms with van der Waals surface area (Å²) in [5, 5.41) is 4.58. The second-order valence-electron chi connectivity index (χ2n) is 9.42. The average molecular weight is 561 g/mol. The van der Waals surface area contributed by atoms with Gasteiger partial charge in [0.25, 0.3) is 0 Å². The van der Waals surface area contributed by atoms with Crippen molar-refractivity contribution in [2.45, 2.75) is 71.2 Å².